The Morgan fingerprint density at radius 3 is 2.94 bits per heavy atom. The molecule has 0 aliphatic heterocycles. The topological polar surface area (TPSA) is 76.2 Å². The zero-order chi connectivity index (χ0) is 22.5. The number of pyridine rings is 1. The van der Waals surface area contributed by atoms with Crippen molar-refractivity contribution in [2.45, 2.75) is 38.1 Å². The van der Waals surface area contributed by atoms with Crippen molar-refractivity contribution in [3.05, 3.63) is 64.4 Å². The highest BCUT2D eigenvalue weighted by molar-refractivity contribution is 6.31. The van der Waals surface area contributed by atoms with Gasteiger partial charge in [-0.1, -0.05) is 42.8 Å². The lowest BCUT2D eigenvalue weighted by atomic mass is 9.87. The van der Waals surface area contributed by atoms with Gasteiger partial charge in [0, 0.05) is 31.3 Å². The average Bonchev–Trinajstić information content (AvgIpc) is 3.16. The van der Waals surface area contributed by atoms with E-state index >= 15 is 0 Å². The lowest BCUT2D eigenvalue weighted by molar-refractivity contribution is 0.0660. The minimum Gasteiger partial charge on any atom is -0.382 e. The van der Waals surface area contributed by atoms with Crippen LogP contribution in [-0.4, -0.2) is 48.8 Å². The number of nitrogens with zero attached hydrogens (tertiary/aromatic N) is 1. The van der Waals surface area contributed by atoms with Crippen molar-refractivity contribution in [1.29, 1.82) is 0 Å². The summed E-state index contributed by atoms with van der Waals surface area (Å²) in [5, 5.41) is 4.65. The summed E-state index contributed by atoms with van der Waals surface area (Å²) < 4.78 is 10.8. The molecule has 3 aromatic rings. The number of methoxy groups -OCH3 is 1. The van der Waals surface area contributed by atoms with Crippen LogP contribution in [0.25, 0.3) is 11.0 Å². The van der Waals surface area contributed by atoms with E-state index in [1.807, 2.05) is 0 Å². The Morgan fingerprint density at radius 2 is 2.09 bits per heavy atom. The van der Waals surface area contributed by atoms with Crippen LogP contribution in [0.15, 0.2) is 42.6 Å². The molecule has 170 valence electrons. The number of carbonyl (C=O) groups excluding carboxylic acids is 1. The Bertz CT molecular complexity index is 1070. The monoisotopic (exact) mass is 455 g/mol. The summed E-state index contributed by atoms with van der Waals surface area (Å²) in [7, 11) is 1.68. The maximum Gasteiger partial charge on any atom is 0.268 e. The van der Waals surface area contributed by atoms with Crippen molar-refractivity contribution in [3.8, 4) is 0 Å². The molecule has 7 heteroatoms. The van der Waals surface area contributed by atoms with Crippen LogP contribution >= 0.6 is 11.6 Å². The van der Waals surface area contributed by atoms with Crippen LogP contribution < -0.4 is 5.32 Å². The highest BCUT2D eigenvalue weighted by Crippen LogP contribution is 2.36. The number of fused-ring (bicyclic) bond motifs is 2. The van der Waals surface area contributed by atoms with Gasteiger partial charge >= 0.3 is 0 Å². The van der Waals surface area contributed by atoms with E-state index < -0.39 is 0 Å². The molecule has 0 bridgehead atoms. The number of ether oxygens (including phenoxy) is 2. The third-order valence-corrected chi connectivity index (χ3v) is 6.52. The van der Waals surface area contributed by atoms with E-state index in [1.165, 1.54) is 11.1 Å². The highest BCUT2D eigenvalue weighted by Gasteiger charge is 2.30. The molecule has 32 heavy (non-hydrogen) atoms. The second-order valence-corrected chi connectivity index (χ2v) is 9.00. The molecule has 6 nitrogen and oxygen atoms in total. The Hall–Kier alpha value is -2.41. The lowest BCUT2D eigenvalue weighted by Gasteiger charge is -2.24. The molecule has 3 atom stereocenters. The molecule has 1 aliphatic carbocycles. The largest absolute Gasteiger partial charge is 0.382 e. The predicted octanol–water partition coefficient (Wildman–Crippen LogP) is 4.73. The standard InChI is InChI=1S/C25H30ClN3O3/c1-16-11-18(7-8-32-10-9-31-2)21-6-4-3-5-17(21)13-22(16)29-25(30)23-14-19-12-20(26)15-27-24(19)28-23/h3-6,12,14-16,18,22H,7-11,13H2,1-2H3,(H,27,28)(H,29,30). The molecule has 0 fully saturated rings. The van der Waals surface area contributed by atoms with Gasteiger partial charge in [0.1, 0.15) is 11.3 Å². The van der Waals surface area contributed by atoms with E-state index in [0.717, 1.165) is 24.6 Å². The number of nitrogens with one attached hydrogen (secondary N) is 2. The molecule has 0 spiro atoms. The summed E-state index contributed by atoms with van der Waals surface area (Å²) in [5.74, 6) is 0.618. The number of benzene rings is 1. The van der Waals surface area contributed by atoms with Gasteiger partial charge in [0.25, 0.3) is 5.91 Å². The zero-order valence-electron chi connectivity index (χ0n) is 18.6. The third-order valence-electron chi connectivity index (χ3n) is 6.32. The smallest absolute Gasteiger partial charge is 0.268 e. The maximum absolute atomic E-state index is 13.1. The number of hydrogen-bond donors (Lipinski definition) is 2. The van der Waals surface area contributed by atoms with E-state index in [4.69, 9.17) is 21.1 Å². The van der Waals surface area contributed by atoms with Crippen molar-refractivity contribution in [1.82, 2.24) is 15.3 Å². The van der Waals surface area contributed by atoms with Gasteiger partial charge in [-0.25, -0.2) is 4.98 Å². The van der Waals surface area contributed by atoms with Crippen LogP contribution in [0.3, 0.4) is 0 Å². The Morgan fingerprint density at radius 1 is 1.25 bits per heavy atom. The second kappa shape index (κ2) is 10.5. The molecule has 1 aliphatic rings. The van der Waals surface area contributed by atoms with Crippen molar-refractivity contribution in [2.75, 3.05) is 26.9 Å². The number of carbonyl (C=O) groups is 1. The van der Waals surface area contributed by atoms with Crippen LogP contribution in [0, 0.1) is 5.92 Å². The first kappa shape index (κ1) is 22.8. The van der Waals surface area contributed by atoms with Gasteiger partial charge in [-0.2, -0.15) is 0 Å². The number of amides is 1. The summed E-state index contributed by atoms with van der Waals surface area (Å²) >= 11 is 6.03. The fourth-order valence-electron chi connectivity index (χ4n) is 4.59. The van der Waals surface area contributed by atoms with Crippen molar-refractivity contribution in [2.24, 2.45) is 5.92 Å². The average molecular weight is 456 g/mol. The fraction of sp³-hybridized carbons (Fsp3) is 0.440. The molecular formula is C25H30ClN3O3. The summed E-state index contributed by atoms with van der Waals surface area (Å²) in [4.78, 5) is 20.4. The van der Waals surface area contributed by atoms with Gasteiger partial charge in [0.15, 0.2) is 0 Å². The maximum atomic E-state index is 13.1. The number of halogens is 1. The highest BCUT2D eigenvalue weighted by atomic mass is 35.5. The normalized spacial score (nSPS) is 20.7. The molecule has 2 N–H and O–H groups in total. The molecule has 3 unspecified atom stereocenters. The van der Waals surface area contributed by atoms with Crippen molar-refractivity contribution >= 4 is 28.5 Å². The summed E-state index contributed by atoms with van der Waals surface area (Å²) in [6.45, 7) is 4.16. The Kier molecular flexibility index (Phi) is 7.45. The van der Waals surface area contributed by atoms with Gasteiger partial charge < -0.3 is 19.8 Å². The third kappa shape index (κ3) is 5.31. The number of aromatic nitrogens is 2. The molecule has 0 saturated carbocycles. The first-order valence-electron chi connectivity index (χ1n) is 11.1. The summed E-state index contributed by atoms with van der Waals surface area (Å²) in [6.07, 6.45) is 4.35. The second-order valence-electron chi connectivity index (χ2n) is 8.56. The van der Waals surface area contributed by atoms with Crippen LogP contribution in [0.1, 0.15) is 47.3 Å². The van der Waals surface area contributed by atoms with E-state index in [9.17, 15) is 4.79 Å². The zero-order valence-corrected chi connectivity index (χ0v) is 19.3. The van der Waals surface area contributed by atoms with E-state index in [-0.39, 0.29) is 11.9 Å². The minimum atomic E-state index is -0.116. The van der Waals surface area contributed by atoms with Crippen molar-refractivity contribution in [3.63, 3.8) is 0 Å². The molecular weight excluding hydrogens is 426 g/mol. The van der Waals surface area contributed by atoms with Crippen LogP contribution in [0.5, 0.6) is 0 Å². The summed E-state index contributed by atoms with van der Waals surface area (Å²) in [6, 6.07) is 12.2. The van der Waals surface area contributed by atoms with E-state index in [0.29, 0.717) is 48.0 Å². The van der Waals surface area contributed by atoms with Gasteiger partial charge in [-0.05, 0) is 54.4 Å². The van der Waals surface area contributed by atoms with E-state index in [2.05, 4.69) is 46.5 Å². The quantitative estimate of drug-likeness (QED) is 0.380. The Labute approximate surface area is 193 Å². The van der Waals surface area contributed by atoms with E-state index in [1.54, 1.807) is 25.4 Å². The number of aromatic amines is 1. The molecule has 0 radical (unpaired) electrons. The number of rotatable bonds is 8. The van der Waals surface area contributed by atoms with Crippen LogP contribution in [-0.2, 0) is 15.9 Å². The molecule has 1 amide bonds. The number of H-pyrrole nitrogens is 1. The molecule has 2 heterocycles. The predicted molar refractivity (Wildman–Crippen MR) is 126 cm³/mol. The first-order valence-corrected chi connectivity index (χ1v) is 11.5. The van der Waals surface area contributed by atoms with Gasteiger partial charge in [0.2, 0.25) is 0 Å². The van der Waals surface area contributed by atoms with Crippen molar-refractivity contribution < 1.29 is 14.3 Å². The van der Waals surface area contributed by atoms with Gasteiger partial charge in [0.05, 0.1) is 18.2 Å². The fourth-order valence-corrected chi connectivity index (χ4v) is 4.76. The Balaban J connectivity index is 1.47. The number of hydrogen-bond acceptors (Lipinski definition) is 4. The summed E-state index contributed by atoms with van der Waals surface area (Å²) in [5.41, 5.74) is 3.83. The SMILES string of the molecule is COCCOCCC1CC(C)C(NC(=O)c2cc3cc(Cl)cnc3[nH]2)Cc2ccccc21. The molecule has 1 aromatic carbocycles. The van der Waals surface area contributed by atoms with Crippen LogP contribution in [0.2, 0.25) is 5.02 Å². The van der Waals surface area contributed by atoms with Gasteiger partial charge in [-0.15, -0.1) is 0 Å². The van der Waals surface area contributed by atoms with Crippen LogP contribution in [0.4, 0.5) is 0 Å². The molecule has 0 saturated heterocycles. The first-order chi connectivity index (χ1) is 15.5. The minimum absolute atomic E-state index is 0.0472. The molecule has 2 aromatic heterocycles. The van der Waals surface area contributed by atoms with Gasteiger partial charge in [-0.3, -0.25) is 4.79 Å². The lowest BCUT2D eigenvalue weighted by Crippen LogP contribution is -2.40. The molecule has 4 rings (SSSR count).